The van der Waals surface area contributed by atoms with Gasteiger partial charge in [0, 0.05) is 22.2 Å². The van der Waals surface area contributed by atoms with Crippen molar-refractivity contribution in [1.29, 1.82) is 0 Å². The molecule has 0 saturated heterocycles. The highest BCUT2D eigenvalue weighted by molar-refractivity contribution is 7.11. The molecular formula is C15H21N3OS. The van der Waals surface area contributed by atoms with Crippen LogP contribution in [0.1, 0.15) is 35.3 Å². The second-order valence-corrected chi connectivity index (χ2v) is 5.79. The van der Waals surface area contributed by atoms with Crippen LogP contribution in [-0.4, -0.2) is 23.9 Å². The Kier molecular flexibility index (Phi) is 5.49. The molecule has 2 rings (SSSR count). The van der Waals surface area contributed by atoms with Gasteiger partial charge in [0.2, 0.25) is 5.88 Å². The Hall–Kier alpha value is -1.46. The first-order valence-corrected chi connectivity index (χ1v) is 7.77. The SMILES string of the molecule is CCNC(Cc1ccc(CC)s1)c1ccc(OC)nn1. The molecule has 0 aliphatic rings. The number of hydrogen-bond donors (Lipinski definition) is 1. The summed E-state index contributed by atoms with van der Waals surface area (Å²) in [4.78, 5) is 2.81. The van der Waals surface area contributed by atoms with Gasteiger partial charge in [-0.1, -0.05) is 13.8 Å². The van der Waals surface area contributed by atoms with Crippen molar-refractivity contribution in [2.24, 2.45) is 0 Å². The predicted molar refractivity (Wildman–Crippen MR) is 82.4 cm³/mol. The summed E-state index contributed by atoms with van der Waals surface area (Å²) in [6.07, 6.45) is 2.04. The predicted octanol–water partition coefficient (Wildman–Crippen LogP) is 3.00. The molecule has 0 radical (unpaired) electrons. The summed E-state index contributed by atoms with van der Waals surface area (Å²) in [5.74, 6) is 0.549. The van der Waals surface area contributed by atoms with Gasteiger partial charge >= 0.3 is 0 Å². The standard InChI is InChI=1S/C15H21N3OS/c1-4-11-6-7-12(20-11)10-14(16-5-2)13-8-9-15(19-3)18-17-13/h6-9,14,16H,4-5,10H2,1-3H3. The first-order chi connectivity index (χ1) is 9.76. The van der Waals surface area contributed by atoms with Gasteiger partial charge in [-0.05, 0) is 31.2 Å². The molecule has 0 amide bonds. The Bertz CT molecular complexity index is 524. The van der Waals surface area contributed by atoms with Gasteiger partial charge in [0.25, 0.3) is 0 Å². The average molecular weight is 291 g/mol. The molecule has 0 fully saturated rings. The average Bonchev–Trinajstić information content (AvgIpc) is 2.95. The lowest BCUT2D eigenvalue weighted by Crippen LogP contribution is -2.23. The highest BCUT2D eigenvalue weighted by atomic mass is 32.1. The van der Waals surface area contributed by atoms with E-state index in [1.807, 2.05) is 23.5 Å². The summed E-state index contributed by atoms with van der Waals surface area (Å²) in [6, 6.07) is 8.46. The van der Waals surface area contributed by atoms with Crippen LogP contribution < -0.4 is 10.1 Å². The maximum atomic E-state index is 5.05. The Morgan fingerprint density at radius 2 is 1.95 bits per heavy atom. The van der Waals surface area contributed by atoms with Gasteiger partial charge < -0.3 is 10.1 Å². The smallest absolute Gasteiger partial charge is 0.233 e. The van der Waals surface area contributed by atoms with Gasteiger partial charge in [-0.15, -0.1) is 16.4 Å². The molecule has 0 bridgehead atoms. The summed E-state index contributed by atoms with van der Waals surface area (Å²) in [6.45, 7) is 5.20. The number of methoxy groups -OCH3 is 1. The fourth-order valence-corrected chi connectivity index (χ4v) is 3.08. The molecule has 1 atom stereocenters. The number of aryl methyl sites for hydroxylation is 1. The van der Waals surface area contributed by atoms with Gasteiger partial charge in [0.15, 0.2) is 0 Å². The van der Waals surface area contributed by atoms with Gasteiger partial charge in [-0.25, -0.2) is 0 Å². The quantitative estimate of drug-likeness (QED) is 0.852. The largest absolute Gasteiger partial charge is 0.480 e. The third-order valence-electron chi connectivity index (χ3n) is 3.15. The van der Waals surface area contributed by atoms with Gasteiger partial charge in [-0.2, -0.15) is 5.10 Å². The monoisotopic (exact) mass is 291 g/mol. The molecule has 1 N–H and O–H groups in total. The number of likely N-dealkylation sites (N-methyl/N-ethyl adjacent to an activating group) is 1. The molecule has 0 spiro atoms. The maximum Gasteiger partial charge on any atom is 0.233 e. The summed E-state index contributed by atoms with van der Waals surface area (Å²) < 4.78 is 5.05. The van der Waals surface area contributed by atoms with E-state index in [2.05, 4.69) is 41.5 Å². The van der Waals surface area contributed by atoms with Crippen molar-refractivity contribution >= 4 is 11.3 Å². The molecular weight excluding hydrogens is 270 g/mol. The van der Waals surface area contributed by atoms with Crippen LogP contribution in [-0.2, 0) is 12.8 Å². The fraction of sp³-hybridized carbons (Fsp3) is 0.467. The zero-order chi connectivity index (χ0) is 14.4. The maximum absolute atomic E-state index is 5.05. The van der Waals surface area contributed by atoms with Crippen molar-refractivity contribution in [2.75, 3.05) is 13.7 Å². The Labute approximate surface area is 124 Å². The molecule has 20 heavy (non-hydrogen) atoms. The number of thiophene rings is 1. The topological polar surface area (TPSA) is 47.0 Å². The van der Waals surface area contributed by atoms with Crippen molar-refractivity contribution in [2.45, 2.75) is 32.7 Å². The van der Waals surface area contributed by atoms with E-state index < -0.39 is 0 Å². The Balaban J connectivity index is 2.12. The number of nitrogens with zero attached hydrogens (tertiary/aromatic N) is 2. The minimum atomic E-state index is 0.196. The van der Waals surface area contributed by atoms with Crippen LogP contribution in [0.15, 0.2) is 24.3 Å². The fourth-order valence-electron chi connectivity index (χ4n) is 2.08. The van der Waals surface area contributed by atoms with Crippen LogP contribution in [0.5, 0.6) is 5.88 Å². The number of hydrogen-bond acceptors (Lipinski definition) is 5. The van der Waals surface area contributed by atoms with E-state index in [4.69, 9.17) is 4.74 Å². The minimum absolute atomic E-state index is 0.196. The molecule has 5 heteroatoms. The Morgan fingerprint density at radius 3 is 2.50 bits per heavy atom. The molecule has 1 unspecified atom stereocenters. The van der Waals surface area contributed by atoms with E-state index in [-0.39, 0.29) is 6.04 Å². The van der Waals surface area contributed by atoms with E-state index in [1.54, 1.807) is 7.11 Å². The first-order valence-electron chi connectivity index (χ1n) is 6.95. The summed E-state index contributed by atoms with van der Waals surface area (Å²) in [5, 5.41) is 11.8. The molecule has 0 aliphatic heterocycles. The third kappa shape index (κ3) is 3.77. The first kappa shape index (κ1) is 14.9. The second kappa shape index (κ2) is 7.36. The van der Waals surface area contributed by atoms with Gasteiger partial charge in [-0.3, -0.25) is 0 Å². The summed E-state index contributed by atoms with van der Waals surface area (Å²) >= 11 is 1.88. The van der Waals surface area contributed by atoms with E-state index in [9.17, 15) is 0 Å². The molecule has 0 saturated carbocycles. The molecule has 0 aromatic carbocycles. The van der Waals surface area contributed by atoms with Crippen molar-refractivity contribution in [1.82, 2.24) is 15.5 Å². The van der Waals surface area contributed by atoms with Gasteiger partial charge in [0.1, 0.15) is 0 Å². The van der Waals surface area contributed by atoms with E-state index in [0.29, 0.717) is 5.88 Å². The molecule has 0 aliphatic carbocycles. The number of aromatic nitrogens is 2. The van der Waals surface area contributed by atoms with Crippen LogP contribution in [0, 0.1) is 0 Å². The number of nitrogens with one attached hydrogen (secondary N) is 1. The summed E-state index contributed by atoms with van der Waals surface area (Å²) in [7, 11) is 1.60. The lowest BCUT2D eigenvalue weighted by Gasteiger charge is -2.16. The molecule has 108 valence electrons. The number of ether oxygens (including phenoxy) is 1. The van der Waals surface area contributed by atoms with Crippen LogP contribution in [0.3, 0.4) is 0 Å². The van der Waals surface area contributed by atoms with Crippen molar-refractivity contribution in [3.63, 3.8) is 0 Å². The Morgan fingerprint density at radius 1 is 1.15 bits per heavy atom. The molecule has 2 heterocycles. The van der Waals surface area contributed by atoms with Crippen LogP contribution in [0.25, 0.3) is 0 Å². The highest BCUT2D eigenvalue weighted by Gasteiger charge is 2.14. The normalized spacial score (nSPS) is 12.3. The van der Waals surface area contributed by atoms with E-state index >= 15 is 0 Å². The van der Waals surface area contributed by atoms with Crippen molar-refractivity contribution in [3.8, 4) is 5.88 Å². The third-order valence-corrected chi connectivity index (χ3v) is 4.40. The van der Waals surface area contributed by atoms with Crippen molar-refractivity contribution in [3.05, 3.63) is 39.7 Å². The van der Waals surface area contributed by atoms with Crippen LogP contribution >= 0.6 is 11.3 Å². The van der Waals surface area contributed by atoms with Crippen LogP contribution in [0.4, 0.5) is 0 Å². The molecule has 4 nitrogen and oxygen atoms in total. The van der Waals surface area contributed by atoms with Crippen LogP contribution in [0.2, 0.25) is 0 Å². The zero-order valence-electron chi connectivity index (χ0n) is 12.2. The van der Waals surface area contributed by atoms with E-state index in [0.717, 1.165) is 25.1 Å². The lowest BCUT2D eigenvalue weighted by atomic mass is 10.1. The molecule has 2 aromatic heterocycles. The lowest BCUT2D eigenvalue weighted by molar-refractivity contribution is 0.389. The molecule has 2 aromatic rings. The van der Waals surface area contributed by atoms with Crippen molar-refractivity contribution < 1.29 is 4.74 Å². The van der Waals surface area contributed by atoms with E-state index in [1.165, 1.54) is 9.75 Å². The zero-order valence-corrected chi connectivity index (χ0v) is 13.0. The van der Waals surface area contributed by atoms with Gasteiger partial charge in [0.05, 0.1) is 18.8 Å². The minimum Gasteiger partial charge on any atom is -0.480 e. The summed E-state index contributed by atoms with van der Waals surface area (Å²) in [5.41, 5.74) is 0.957. The highest BCUT2D eigenvalue weighted by Crippen LogP contribution is 2.23. The second-order valence-electron chi connectivity index (χ2n) is 4.54. The number of rotatable bonds is 7.